The van der Waals surface area contributed by atoms with Crippen molar-refractivity contribution in [2.75, 3.05) is 0 Å². The molecule has 2 aromatic rings. The standard InChI is InChI=1S/C23H30FN5O/c24-18-6-4-14(5-7-18)22(21-13-26-28-27-21)29-19-8-9-20(29)12-17(11-19)15-2-1-3-16(10-15)23(25)30/h1-3,10,13-14,17-20,22H,4-9,11-12H2,(H2,25,30)(H,26,27,28). The number of alkyl halides is 1. The maximum Gasteiger partial charge on any atom is 0.248 e. The average Bonchev–Trinajstić information content (AvgIpc) is 3.36. The van der Waals surface area contributed by atoms with E-state index < -0.39 is 6.17 Å². The molecule has 3 N–H and O–H groups in total. The predicted octanol–water partition coefficient (Wildman–Crippen LogP) is 3.88. The van der Waals surface area contributed by atoms with Crippen molar-refractivity contribution < 1.29 is 9.18 Å². The molecule has 2 bridgehead atoms. The van der Waals surface area contributed by atoms with Gasteiger partial charge in [0, 0.05) is 23.8 Å². The number of aromatic nitrogens is 3. The van der Waals surface area contributed by atoms with Gasteiger partial charge in [-0.05, 0) is 80.9 Å². The van der Waals surface area contributed by atoms with Gasteiger partial charge < -0.3 is 5.73 Å². The molecule has 3 atom stereocenters. The summed E-state index contributed by atoms with van der Waals surface area (Å²) in [7, 11) is 0. The monoisotopic (exact) mass is 411 g/mol. The van der Waals surface area contributed by atoms with E-state index in [4.69, 9.17) is 5.73 Å². The number of hydrogen-bond donors (Lipinski definition) is 2. The maximum absolute atomic E-state index is 13.8. The van der Waals surface area contributed by atoms with Crippen LogP contribution in [0.15, 0.2) is 30.5 Å². The Morgan fingerprint density at radius 1 is 1.13 bits per heavy atom. The summed E-state index contributed by atoms with van der Waals surface area (Å²) in [5.74, 6) is 0.504. The van der Waals surface area contributed by atoms with Gasteiger partial charge in [-0.15, -0.1) is 5.10 Å². The van der Waals surface area contributed by atoms with Crippen LogP contribution in [0.25, 0.3) is 0 Å². The number of halogens is 1. The second-order valence-electron chi connectivity index (χ2n) is 9.35. The fraction of sp³-hybridized carbons (Fsp3) is 0.609. The van der Waals surface area contributed by atoms with Crippen LogP contribution < -0.4 is 5.73 Å². The second-order valence-corrected chi connectivity index (χ2v) is 9.35. The smallest absolute Gasteiger partial charge is 0.248 e. The third kappa shape index (κ3) is 3.64. The number of piperidine rings is 1. The number of fused-ring (bicyclic) bond motifs is 2. The molecule has 1 amide bonds. The maximum atomic E-state index is 13.8. The number of H-pyrrole nitrogens is 1. The van der Waals surface area contributed by atoms with Crippen LogP contribution in [-0.2, 0) is 0 Å². The molecule has 1 aromatic carbocycles. The lowest BCUT2D eigenvalue weighted by Gasteiger charge is -2.46. The Morgan fingerprint density at radius 3 is 2.50 bits per heavy atom. The SMILES string of the molecule is NC(=O)c1cccc(C2CC3CCC(C2)N3C(c2c[nH]nn2)C2CCC(F)CC2)c1. The number of nitrogens with zero attached hydrogens (tertiary/aromatic N) is 3. The predicted molar refractivity (Wildman–Crippen MR) is 112 cm³/mol. The molecule has 160 valence electrons. The summed E-state index contributed by atoms with van der Waals surface area (Å²) in [6.07, 6.45) is 8.93. The first-order valence-electron chi connectivity index (χ1n) is 11.3. The van der Waals surface area contributed by atoms with Crippen LogP contribution in [0, 0.1) is 5.92 Å². The first-order chi connectivity index (χ1) is 14.6. The van der Waals surface area contributed by atoms with Gasteiger partial charge in [-0.1, -0.05) is 17.3 Å². The summed E-state index contributed by atoms with van der Waals surface area (Å²) in [5.41, 5.74) is 8.31. The van der Waals surface area contributed by atoms with Crippen molar-refractivity contribution in [2.24, 2.45) is 11.7 Å². The number of primary amides is 1. The molecule has 2 aliphatic heterocycles. The minimum atomic E-state index is -0.654. The van der Waals surface area contributed by atoms with Crippen molar-refractivity contribution in [1.29, 1.82) is 0 Å². The Morgan fingerprint density at radius 2 is 1.87 bits per heavy atom. The van der Waals surface area contributed by atoms with Crippen molar-refractivity contribution in [3.63, 3.8) is 0 Å². The Labute approximate surface area is 176 Å². The molecule has 1 aromatic heterocycles. The Hall–Kier alpha value is -2.28. The molecule has 2 saturated heterocycles. The van der Waals surface area contributed by atoms with Crippen LogP contribution in [0.1, 0.15) is 84.9 Å². The summed E-state index contributed by atoms with van der Waals surface area (Å²) in [6.45, 7) is 0. The number of nitrogens with two attached hydrogens (primary N) is 1. The topological polar surface area (TPSA) is 87.9 Å². The number of aromatic amines is 1. The molecule has 3 aliphatic rings. The fourth-order valence-corrected chi connectivity index (χ4v) is 6.27. The van der Waals surface area contributed by atoms with E-state index in [1.54, 1.807) is 6.07 Å². The van der Waals surface area contributed by atoms with Crippen molar-refractivity contribution in [2.45, 2.75) is 81.6 Å². The number of carbonyl (C=O) groups is 1. The average molecular weight is 412 g/mol. The zero-order valence-corrected chi connectivity index (χ0v) is 17.2. The van der Waals surface area contributed by atoms with E-state index in [1.165, 1.54) is 18.4 Å². The summed E-state index contributed by atoms with van der Waals surface area (Å²) in [4.78, 5) is 14.3. The second kappa shape index (κ2) is 8.10. The minimum Gasteiger partial charge on any atom is -0.366 e. The van der Waals surface area contributed by atoms with E-state index >= 15 is 0 Å². The molecule has 7 heteroatoms. The van der Waals surface area contributed by atoms with Gasteiger partial charge in [0.2, 0.25) is 5.91 Å². The molecule has 1 aliphatic carbocycles. The highest BCUT2D eigenvalue weighted by atomic mass is 19.1. The number of amides is 1. The molecule has 0 radical (unpaired) electrons. The summed E-state index contributed by atoms with van der Waals surface area (Å²) >= 11 is 0. The largest absolute Gasteiger partial charge is 0.366 e. The van der Waals surface area contributed by atoms with Crippen LogP contribution in [0.3, 0.4) is 0 Å². The lowest BCUT2D eigenvalue weighted by atomic mass is 9.78. The highest BCUT2D eigenvalue weighted by Gasteiger charge is 2.47. The molecule has 1 saturated carbocycles. The van der Waals surface area contributed by atoms with Crippen LogP contribution >= 0.6 is 0 Å². The summed E-state index contributed by atoms with van der Waals surface area (Å²) in [6, 6.07) is 9.01. The lowest BCUT2D eigenvalue weighted by molar-refractivity contribution is 0.0235. The first kappa shape index (κ1) is 19.7. The Balaban J connectivity index is 1.39. The highest BCUT2D eigenvalue weighted by Crippen LogP contribution is 2.50. The van der Waals surface area contributed by atoms with E-state index in [0.717, 1.165) is 31.4 Å². The van der Waals surface area contributed by atoms with E-state index in [1.807, 2.05) is 18.3 Å². The molecule has 30 heavy (non-hydrogen) atoms. The van der Waals surface area contributed by atoms with Crippen LogP contribution in [-0.4, -0.2) is 44.5 Å². The number of hydrogen-bond acceptors (Lipinski definition) is 4. The van der Waals surface area contributed by atoms with Crippen molar-refractivity contribution in [3.8, 4) is 0 Å². The molecule has 0 spiro atoms. The molecular weight excluding hydrogens is 381 g/mol. The number of benzene rings is 1. The molecule has 6 nitrogen and oxygen atoms in total. The van der Waals surface area contributed by atoms with Crippen molar-refractivity contribution in [3.05, 3.63) is 47.3 Å². The zero-order chi connectivity index (χ0) is 20.7. The highest BCUT2D eigenvalue weighted by molar-refractivity contribution is 5.92. The van der Waals surface area contributed by atoms with Gasteiger partial charge in [-0.3, -0.25) is 14.8 Å². The molecule has 3 unspecified atom stereocenters. The van der Waals surface area contributed by atoms with Crippen LogP contribution in [0.4, 0.5) is 4.39 Å². The van der Waals surface area contributed by atoms with Gasteiger partial charge in [-0.2, -0.15) is 0 Å². The Bertz CT molecular complexity index is 865. The van der Waals surface area contributed by atoms with Crippen LogP contribution in [0.5, 0.6) is 0 Å². The van der Waals surface area contributed by atoms with Gasteiger partial charge in [0.15, 0.2) is 0 Å². The third-order valence-electron chi connectivity index (χ3n) is 7.64. The third-order valence-corrected chi connectivity index (χ3v) is 7.64. The van der Waals surface area contributed by atoms with E-state index in [2.05, 4.69) is 26.4 Å². The van der Waals surface area contributed by atoms with Crippen LogP contribution in [0.2, 0.25) is 0 Å². The molecular formula is C23H30FN5O. The Kier molecular flexibility index (Phi) is 5.31. The van der Waals surface area contributed by atoms with E-state index in [-0.39, 0.29) is 11.9 Å². The van der Waals surface area contributed by atoms with Gasteiger partial charge in [-0.25, -0.2) is 4.39 Å². The van der Waals surface area contributed by atoms with E-state index in [9.17, 15) is 9.18 Å². The van der Waals surface area contributed by atoms with Gasteiger partial charge in [0.1, 0.15) is 6.17 Å². The number of carbonyl (C=O) groups excluding carboxylic acids is 1. The van der Waals surface area contributed by atoms with E-state index in [0.29, 0.717) is 42.3 Å². The zero-order valence-electron chi connectivity index (χ0n) is 17.2. The first-order valence-corrected chi connectivity index (χ1v) is 11.3. The van der Waals surface area contributed by atoms with Crippen molar-refractivity contribution in [1.82, 2.24) is 20.3 Å². The minimum absolute atomic E-state index is 0.214. The number of nitrogens with one attached hydrogen (secondary N) is 1. The van der Waals surface area contributed by atoms with Crippen molar-refractivity contribution >= 4 is 5.91 Å². The van der Waals surface area contributed by atoms with Gasteiger partial charge >= 0.3 is 0 Å². The summed E-state index contributed by atoms with van der Waals surface area (Å²) < 4.78 is 13.8. The fourth-order valence-electron chi connectivity index (χ4n) is 6.27. The lowest BCUT2D eigenvalue weighted by Crippen LogP contribution is -2.47. The molecule has 5 rings (SSSR count). The summed E-state index contributed by atoms with van der Waals surface area (Å²) in [5, 5.41) is 11.3. The molecule has 3 heterocycles. The van der Waals surface area contributed by atoms with Gasteiger partial charge in [0.05, 0.1) is 11.7 Å². The molecule has 3 fully saturated rings. The quantitative estimate of drug-likeness (QED) is 0.781. The normalized spacial score (nSPS) is 32.8. The number of rotatable bonds is 5. The van der Waals surface area contributed by atoms with Gasteiger partial charge in [0.25, 0.3) is 0 Å².